The minimum atomic E-state index is -0.0944. The molecule has 0 aliphatic carbocycles. The lowest BCUT2D eigenvalue weighted by atomic mass is 10.2. The number of carbonyl (C=O) groups excluding carboxylic acids is 1. The molecule has 0 radical (unpaired) electrons. The Labute approximate surface area is 100 Å². The molecule has 0 unspecified atom stereocenters. The van der Waals surface area contributed by atoms with Crippen LogP contribution in [0.5, 0.6) is 0 Å². The van der Waals surface area contributed by atoms with Gasteiger partial charge < -0.3 is 10.6 Å². The highest BCUT2D eigenvalue weighted by Gasteiger charge is 2.14. The molecule has 0 aromatic carbocycles. The van der Waals surface area contributed by atoms with E-state index >= 15 is 0 Å². The molecule has 0 saturated heterocycles. The van der Waals surface area contributed by atoms with Crippen molar-refractivity contribution in [1.82, 2.24) is 9.88 Å². The molecule has 0 spiro atoms. The van der Waals surface area contributed by atoms with E-state index < -0.39 is 0 Å². The van der Waals surface area contributed by atoms with Crippen LogP contribution < -0.4 is 5.73 Å². The highest BCUT2D eigenvalue weighted by Crippen LogP contribution is 2.17. The Morgan fingerprint density at radius 1 is 1.62 bits per heavy atom. The van der Waals surface area contributed by atoms with Crippen molar-refractivity contribution in [1.29, 1.82) is 0 Å². The summed E-state index contributed by atoms with van der Waals surface area (Å²) in [5, 5.41) is 0.309. The molecule has 1 aromatic rings. The van der Waals surface area contributed by atoms with Crippen molar-refractivity contribution in [2.75, 3.05) is 19.3 Å². The van der Waals surface area contributed by atoms with Gasteiger partial charge in [-0.1, -0.05) is 25.4 Å². The van der Waals surface area contributed by atoms with E-state index in [-0.39, 0.29) is 11.7 Å². The summed E-state index contributed by atoms with van der Waals surface area (Å²) in [7, 11) is 1.76. The van der Waals surface area contributed by atoms with Crippen LogP contribution in [0.3, 0.4) is 0 Å². The average Bonchev–Trinajstić information content (AvgIpc) is 2.20. The molecule has 88 valence electrons. The lowest BCUT2D eigenvalue weighted by Gasteiger charge is -2.19. The molecular formula is C11H16ClN3O. The first-order chi connectivity index (χ1) is 7.41. The Bertz CT molecular complexity index is 393. The van der Waals surface area contributed by atoms with Crippen LogP contribution in [-0.4, -0.2) is 29.4 Å². The molecule has 0 atom stereocenters. The highest BCUT2D eigenvalue weighted by molar-refractivity contribution is 6.33. The molecule has 4 nitrogen and oxygen atoms in total. The second-order valence-electron chi connectivity index (χ2n) is 4.17. The van der Waals surface area contributed by atoms with Crippen LogP contribution in [0.2, 0.25) is 5.02 Å². The zero-order chi connectivity index (χ0) is 12.3. The van der Waals surface area contributed by atoms with Crippen LogP contribution in [0.1, 0.15) is 24.2 Å². The Hall–Kier alpha value is -1.29. The average molecular weight is 242 g/mol. The quantitative estimate of drug-likeness (QED) is 0.881. The van der Waals surface area contributed by atoms with E-state index in [9.17, 15) is 4.79 Å². The van der Waals surface area contributed by atoms with Gasteiger partial charge in [-0.3, -0.25) is 4.79 Å². The van der Waals surface area contributed by atoms with Crippen LogP contribution in [0.25, 0.3) is 0 Å². The number of amides is 1. The van der Waals surface area contributed by atoms with E-state index in [2.05, 4.69) is 18.8 Å². The van der Waals surface area contributed by atoms with E-state index in [1.807, 2.05) is 0 Å². The van der Waals surface area contributed by atoms with Gasteiger partial charge in [0, 0.05) is 19.8 Å². The molecular weight excluding hydrogens is 226 g/mol. The van der Waals surface area contributed by atoms with Gasteiger partial charge in [-0.15, -0.1) is 0 Å². The summed E-state index contributed by atoms with van der Waals surface area (Å²) < 4.78 is 0. The largest absolute Gasteiger partial charge is 0.382 e. The predicted octanol–water partition coefficient (Wildman–Crippen LogP) is 2.05. The van der Waals surface area contributed by atoms with Gasteiger partial charge in [-0.05, 0) is 12.0 Å². The second kappa shape index (κ2) is 5.16. The maximum Gasteiger partial charge on any atom is 0.255 e. The molecule has 0 aliphatic heterocycles. The van der Waals surface area contributed by atoms with E-state index in [1.165, 1.54) is 6.20 Å². The predicted molar refractivity (Wildman–Crippen MR) is 65.5 cm³/mol. The van der Waals surface area contributed by atoms with Gasteiger partial charge in [0.05, 0.1) is 10.6 Å². The van der Waals surface area contributed by atoms with Crippen LogP contribution in [0.4, 0.5) is 5.82 Å². The zero-order valence-corrected chi connectivity index (χ0v) is 10.5. The number of nitrogens with zero attached hydrogens (tertiary/aromatic N) is 2. The number of pyridine rings is 1. The van der Waals surface area contributed by atoms with Crippen molar-refractivity contribution >= 4 is 23.3 Å². The molecule has 0 fully saturated rings. The molecule has 16 heavy (non-hydrogen) atoms. The van der Waals surface area contributed by atoms with E-state index in [0.29, 0.717) is 23.0 Å². The number of aromatic nitrogens is 1. The fraction of sp³-hybridized carbons (Fsp3) is 0.455. The summed E-state index contributed by atoms with van der Waals surface area (Å²) in [6.07, 6.45) is 1.44. The fourth-order valence-corrected chi connectivity index (χ4v) is 1.58. The standard InChI is InChI=1S/C11H16ClN3O/c1-7(2)6-15(3)11(16)8-4-9(12)10(13)14-5-8/h4-5,7H,6H2,1-3H3,(H2,13,14). The summed E-state index contributed by atoms with van der Waals surface area (Å²) in [6, 6.07) is 1.54. The third kappa shape index (κ3) is 3.10. The first kappa shape index (κ1) is 12.8. The number of halogens is 1. The van der Waals surface area contributed by atoms with Crippen LogP contribution in [0, 0.1) is 5.92 Å². The van der Waals surface area contributed by atoms with Gasteiger partial charge >= 0.3 is 0 Å². The van der Waals surface area contributed by atoms with E-state index in [4.69, 9.17) is 17.3 Å². The number of hydrogen-bond acceptors (Lipinski definition) is 3. The first-order valence-corrected chi connectivity index (χ1v) is 5.46. The van der Waals surface area contributed by atoms with Crippen molar-refractivity contribution in [2.24, 2.45) is 5.92 Å². The van der Waals surface area contributed by atoms with E-state index in [1.54, 1.807) is 18.0 Å². The number of rotatable bonds is 3. The molecule has 0 saturated carbocycles. The zero-order valence-electron chi connectivity index (χ0n) is 9.70. The van der Waals surface area contributed by atoms with Crippen molar-refractivity contribution < 1.29 is 4.79 Å². The molecule has 0 aliphatic rings. The lowest BCUT2D eigenvalue weighted by molar-refractivity contribution is 0.0779. The number of nitrogens with two attached hydrogens (primary N) is 1. The third-order valence-corrected chi connectivity index (χ3v) is 2.41. The molecule has 0 bridgehead atoms. The van der Waals surface area contributed by atoms with Crippen molar-refractivity contribution in [3.05, 3.63) is 22.8 Å². The van der Waals surface area contributed by atoms with Gasteiger partial charge in [0.2, 0.25) is 0 Å². The van der Waals surface area contributed by atoms with Crippen LogP contribution in [-0.2, 0) is 0 Å². The summed E-state index contributed by atoms with van der Waals surface area (Å²) in [5.41, 5.74) is 5.94. The number of anilines is 1. The Balaban J connectivity index is 2.84. The molecule has 1 heterocycles. The van der Waals surface area contributed by atoms with Crippen LogP contribution in [0.15, 0.2) is 12.3 Å². The Kier molecular flexibility index (Phi) is 4.12. The topological polar surface area (TPSA) is 59.2 Å². The SMILES string of the molecule is CC(C)CN(C)C(=O)c1cnc(N)c(Cl)c1. The Morgan fingerprint density at radius 2 is 2.25 bits per heavy atom. The lowest BCUT2D eigenvalue weighted by Crippen LogP contribution is -2.30. The summed E-state index contributed by atoms with van der Waals surface area (Å²) >= 11 is 5.81. The minimum absolute atomic E-state index is 0.0944. The molecule has 1 aromatic heterocycles. The normalized spacial score (nSPS) is 10.6. The van der Waals surface area contributed by atoms with Gasteiger partial charge in [-0.25, -0.2) is 4.98 Å². The highest BCUT2D eigenvalue weighted by atomic mass is 35.5. The second-order valence-corrected chi connectivity index (χ2v) is 4.58. The summed E-state index contributed by atoms with van der Waals surface area (Å²) in [5.74, 6) is 0.569. The molecule has 2 N–H and O–H groups in total. The van der Waals surface area contributed by atoms with Crippen molar-refractivity contribution in [3.63, 3.8) is 0 Å². The van der Waals surface area contributed by atoms with Gasteiger partial charge in [0.15, 0.2) is 0 Å². The number of nitrogen functional groups attached to an aromatic ring is 1. The third-order valence-electron chi connectivity index (χ3n) is 2.10. The molecule has 5 heteroatoms. The van der Waals surface area contributed by atoms with Crippen molar-refractivity contribution in [2.45, 2.75) is 13.8 Å². The summed E-state index contributed by atoms with van der Waals surface area (Å²) in [6.45, 7) is 4.80. The maximum atomic E-state index is 11.9. The molecule has 1 rings (SSSR count). The van der Waals surface area contributed by atoms with Gasteiger partial charge in [0.1, 0.15) is 5.82 Å². The minimum Gasteiger partial charge on any atom is -0.382 e. The fourth-order valence-electron chi connectivity index (χ4n) is 1.42. The monoisotopic (exact) mass is 241 g/mol. The van der Waals surface area contributed by atoms with E-state index in [0.717, 1.165) is 0 Å². The number of hydrogen-bond donors (Lipinski definition) is 1. The smallest absolute Gasteiger partial charge is 0.255 e. The Morgan fingerprint density at radius 3 is 2.75 bits per heavy atom. The van der Waals surface area contributed by atoms with Crippen molar-refractivity contribution in [3.8, 4) is 0 Å². The van der Waals surface area contributed by atoms with Gasteiger partial charge in [-0.2, -0.15) is 0 Å². The van der Waals surface area contributed by atoms with Gasteiger partial charge in [0.25, 0.3) is 5.91 Å². The maximum absolute atomic E-state index is 11.9. The number of carbonyl (C=O) groups is 1. The summed E-state index contributed by atoms with van der Waals surface area (Å²) in [4.78, 5) is 17.4. The first-order valence-electron chi connectivity index (χ1n) is 5.08. The van der Waals surface area contributed by atoms with Crippen LogP contribution >= 0.6 is 11.6 Å². The molecule has 1 amide bonds.